The topological polar surface area (TPSA) is 43.9 Å². The van der Waals surface area contributed by atoms with Crippen molar-refractivity contribution in [2.75, 3.05) is 46.8 Å². The van der Waals surface area contributed by atoms with Gasteiger partial charge in [0, 0.05) is 46.8 Å². The zero-order chi connectivity index (χ0) is 16.2. The zero-order valence-corrected chi connectivity index (χ0v) is 14.6. The molecule has 6 heteroatoms. The first-order valence-corrected chi connectivity index (χ1v) is 9.33. The van der Waals surface area contributed by atoms with E-state index >= 15 is 0 Å². The van der Waals surface area contributed by atoms with Gasteiger partial charge in [-0.05, 0) is 30.7 Å². The summed E-state index contributed by atoms with van der Waals surface area (Å²) >= 11 is 0. The van der Waals surface area contributed by atoms with Crippen LogP contribution in [0.15, 0.2) is 29.2 Å². The highest BCUT2D eigenvalue weighted by atomic mass is 32.2. The van der Waals surface area contributed by atoms with Crippen LogP contribution < -0.4 is 0 Å². The smallest absolute Gasteiger partial charge is 0.242 e. The second kappa shape index (κ2) is 7.55. The molecule has 5 nitrogen and oxygen atoms in total. The molecule has 0 spiro atoms. The Labute approximate surface area is 134 Å². The Morgan fingerprint density at radius 2 is 1.73 bits per heavy atom. The summed E-state index contributed by atoms with van der Waals surface area (Å²) in [5.41, 5.74) is 1.06. The number of benzene rings is 1. The number of rotatable bonds is 6. The molecule has 0 amide bonds. The van der Waals surface area contributed by atoms with Gasteiger partial charge in [0.15, 0.2) is 0 Å². The summed E-state index contributed by atoms with van der Waals surface area (Å²) in [5, 5.41) is 0. The third-order valence-corrected chi connectivity index (χ3v) is 5.90. The number of piperazine rings is 1. The van der Waals surface area contributed by atoms with Gasteiger partial charge >= 0.3 is 0 Å². The average Bonchev–Trinajstić information content (AvgIpc) is 2.50. The minimum atomic E-state index is -3.35. The summed E-state index contributed by atoms with van der Waals surface area (Å²) in [6.45, 7) is 8.49. The summed E-state index contributed by atoms with van der Waals surface area (Å²) in [6.07, 6.45) is 1.20. The first-order valence-electron chi connectivity index (χ1n) is 7.89. The molecule has 124 valence electrons. The van der Waals surface area contributed by atoms with E-state index in [1.54, 1.807) is 26.2 Å². The van der Waals surface area contributed by atoms with Crippen LogP contribution in [0.1, 0.15) is 18.9 Å². The summed E-state index contributed by atoms with van der Waals surface area (Å²) in [5.74, 6) is 0. The Hall–Kier alpha value is -0.950. The van der Waals surface area contributed by atoms with Crippen LogP contribution in [0.2, 0.25) is 0 Å². The molecule has 0 unspecified atom stereocenters. The number of hydrogen-bond donors (Lipinski definition) is 0. The van der Waals surface area contributed by atoms with Crippen molar-refractivity contribution < 1.29 is 8.42 Å². The van der Waals surface area contributed by atoms with Gasteiger partial charge in [-0.25, -0.2) is 12.7 Å². The summed E-state index contributed by atoms with van der Waals surface area (Å²) < 4.78 is 25.7. The normalized spacial score (nSPS) is 18.0. The second-order valence-corrected chi connectivity index (χ2v) is 8.20. The highest BCUT2D eigenvalue weighted by molar-refractivity contribution is 7.89. The maximum absolute atomic E-state index is 12.2. The van der Waals surface area contributed by atoms with Gasteiger partial charge in [0.05, 0.1) is 4.90 Å². The van der Waals surface area contributed by atoms with E-state index in [1.165, 1.54) is 17.3 Å². The van der Waals surface area contributed by atoms with E-state index in [-0.39, 0.29) is 0 Å². The number of nitrogens with zero attached hydrogens (tertiary/aromatic N) is 3. The molecule has 0 radical (unpaired) electrons. The molecule has 0 N–H and O–H groups in total. The van der Waals surface area contributed by atoms with Crippen molar-refractivity contribution in [3.63, 3.8) is 0 Å². The summed E-state index contributed by atoms with van der Waals surface area (Å²) in [6, 6.07) is 7.30. The molecule has 2 rings (SSSR count). The van der Waals surface area contributed by atoms with E-state index in [0.717, 1.165) is 38.3 Å². The van der Waals surface area contributed by atoms with Gasteiger partial charge in [0.2, 0.25) is 10.0 Å². The molecular weight excluding hydrogens is 298 g/mol. The van der Waals surface area contributed by atoms with E-state index in [9.17, 15) is 8.42 Å². The lowest BCUT2D eigenvalue weighted by Crippen LogP contribution is -2.45. The maximum atomic E-state index is 12.2. The fraction of sp³-hybridized carbons (Fsp3) is 0.625. The Morgan fingerprint density at radius 1 is 1.09 bits per heavy atom. The van der Waals surface area contributed by atoms with Crippen molar-refractivity contribution in [3.05, 3.63) is 29.8 Å². The van der Waals surface area contributed by atoms with Crippen molar-refractivity contribution in [1.29, 1.82) is 0 Å². The fourth-order valence-corrected chi connectivity index (χ4v) is 3.73. The Kier molecular flexibility index (Phi) is 5.97. The first kappa shape index (κ1) is 17.4. The lowest BCUT2D eigenvalue weighted by molar-refractivity contribution is 0.127. The van der Waals surface area contributed by atoms with Crippen LogP contribution in [0.3, 0.4) is 0 Å². The van der Waals surface area contributed by atoms with E-state index < -0.39 is 10.0 Å². The van der Waals surface area contributed by atoms with Crippen LogP contribution >= 0.6 is 0 Å². The average molecular weight is 325 g/mol. The summed E-state index contributed by atoms with van der Waals surface area (Å²) in [4.78, 5) is 5.26. The zero-order valence-electron chi connectivity index (χ0n) is 13.8. The van der Waals surface area contributed by atoms with E-state index in [0.29, 0.717) is 4.90 Å². The first-order chi connectivity index (χ1) is 10.4. The van der Waals surface area contributed by atoms with Crippen molar-refractivity contribution >= 4 is 10.0 Å². The minimum absolute atomic E-state index is 0.375. The molecule has 1 aromatic carbocycles. The lowest BCUT2D eigenvalue weighted by Gasteiger charge is -2.34. The predicted molar refractivity (Wildman–Crippen MR) is 89.3 cm³/mol. The van der Waals surface area contributed by atoms with Crippen LogP contribution in [0.4, 0.5) is 0 Å². The van der Waals surface area contributed by atoms with Gasteiger partial charge < -0.3 is 4.90 Å². The quantitative estimate of drug-likeness (QED) is 0.794. The predicted octanol–water partition coefficient (Wildman–Crippen LogP) is 1.46. The van der Waals surface area contributed by atoms with Gasteiger partial charge in [-0.15, -0.1) is 0 Å². The monoisotopic (exact) mass is 325 g/mol. The maximum Gasteiger partial charge on any atom is 0.242 e. The van der Waals surface area contributed by atoms with Crippen molar-refractivity contribution in [2.24, 2.45) is 0 Å². The SMILES string of the molecule is CCCN1CCN(Cc2cccc(S(=O)(=O)N(C)C)c2)CC1. The molecule has 0 saturated carbocycles. The Morgan fingerprint density at radius 3 is 2.32 bits per heavy atom. The highest BCUT2D eigenvalue weighted by Gasteiger charge is 2.19. The molecule has 0 atom stereocenters. The molecule has 1 aromatic rings. The van der Waals surface area contributed by atoms with Gasteiger partial charge in [-0.1, -0.05) is 19.1 Å². The molecule has 0 aliphatic carbocycles. The molecule has 1 fully saturated rings. The van der Waals surface area contributed by atoms with Crippen molar-refractivity contribution in [1.82, 2.24) is 14.1 Å². The molecule has 0 aromatic heterocycles. The van der Waals surface area contributed by atoms with E-state index in [4.69, 9.17) is 0 Å². The fourth-order valence-electron chi connectivity index (χ4n) is 2.76. The molecule has 1 aliphatic heterocycles. The van der Waals surface area contributed by atoms with Gasteiger partial charge in [-0.3, -0.25) is 4.90 Å². The van der Waals surface area contributed by atoms with Gasteiger partial charge in [0.1, 0.15) is 0 Å². The molecule has 1 heterocycles. The molecular formula is C16H27N3O2S. The third-order valence-electron chi connectivity index (χ3n) is 4.09. The summed E-state index contributed by atoms with van der Waals surface area (Å²) in [7, 11) is -0.221. The van der Waals surface area contributed by atoms with E-state index in [2.05, 4.69) is 16.7 Å². The largest absolute Gasteiger partial charge is 0.301 e. The molecule has 1 aliphatic rings. The Bertz CT molecular complexity index is 579. The van der Waals surface area contributed by atoms with Crippen molar-refractivity contribution in [3.8, 4) is 0 Å². The lowest BCUT2D eigenvalue weighted by atomic mass is 10.2. The molecule has 1 saturated heterocycles. The Balaban J connectivity index is 2.00. The second-order valence-electron chi connectivity index (χ2n) is 6.05. The number of hydrogen-bond acceptors (Lipinski definition) is 4. The van der Waals surface area contributed by atoms with Crippen LogP contribution in [-0.2, 0) is 16.6 Å². The van der Waals surface area contributed by atoms with Crippen LogP contribution in [-0.4, -0.2) is 69.3 Å². The van der Waals surface area contributed by atoms with Gasteiger partial charge in [0.25, 0.3) is 0 Å². The minimum Gasteiger partial charge on any atom is -0.301 e. The van der Waals surface area contributed by atoms with E-state index in [1.807, 2.05) is 12.1 Å². The number of sulfonamides is 1. The van der Waals surface area contributed by atoms with Crippen molar-refractivity contribution in [2.45, 2.75) is 24.8 Å². The highest BCUT2D eigenvalue weighted by Crippen LogP contribution is 2.16. The third kappa shape index (κ3) is 4.29. The van der Waals surface area contributed by atoms with Crippen LogP contribution in [0.5, 0.6) is 0 Å². The van der Waals surface area contributed by atoms with Crippen LogP contribution in [0, 0.1) is 0 Å². The van der Waals surface area contributed by atoms with Gasteiger partial charge in [-0.2, -0.15) is 0 Å². The molecule has 22 heavy (non-hydrogen) atoms. The standard InChI is InChI=1S/C16H27N3O2S/c1-4-8-18-9-11-19(12-10-18)14-15-6-5-7-16(13-15)22(20,21)17(2)3/h5-7,13H,4,8-12,14H2,1-3H3. The molecule has 0 bridgehead atoms. The van der Waals surface area contributed by atoms with Crippen LogP contribution in [0.25, 0.3) is 0 Å².